The molecule has 1 heterocycles. The van der Waals surface area contributed by atoms with Gasteiger partial charge in [0.05, 0.1) is 6.26 Å². The molecule has 1 aromatic heterocycles. The fraction of sp³-hybridized carbons (Fsp3) is 0.615. The molecule has 0 saturated heterocycles. The van der Waals surface area contributed by atoms with Crippen molar-refractivity contribution < 1.29 is 4.42 Å². The van der Waals surface area contributed by atoms with Crippen molar-refractivity contribution in [3.8, 4) is 0 Å². The number of halogens is 1. The highest BCUT2D eigenvalue weighted by Crippen LogP contribution is 1.99. The summed E-state index contributed by atoms with van der Waals surface area (Å²) in [5.41, 5.74) is 0. The predicted molar refractivity (Wildman–Crippen MR) is 94.8 cm³/mol. The van der Waals surface area contributed by atoms with Crippen LogP contribution < -0.4 is 10.6 Å². The summed E-state index contributed by atoms with van der Waals surface area (Å²) in [6, 6.07) is 3.90. The van der Waals surface area contributed by atoms with E-state index in [-0.39, 0.29) is 24.0 Å². The Labute approximate surface area is 137 Å². The summed E-state index contributed by atoms with van der Waals surface area (Å²) in [5, 5.41) is 6.58. The molecule has 0 atom stereocenters. The molecule has 0 radical (unpaired) electrons. The Kier molecular flexibility index (Phi) is 12.4. The quantitative estimate of drug-likeness (QED) is 0.307. The van der Waals surface area contributed by atoms with Crippen LogP contribution in [-0.4, -0.2) is 38.1 Å². The van der Waals surface area contributed by atoms with Crippen LogP contribution in [0.3, 0.4) is 0 Å². The Morgan fingerprint density at radius 2 is 2.11 bits per heavy atom. The standard InChI is InChI=1S/C13H23N3OS.HI/c1-14-13(15-8-3-4-11-18-2)16-9-7-12-6-5-10-17-12;/h5-6,10H,3-4,7-9,11H2,1-2H3,(H2,14,15,16);1H. The molecule has 0 saturated carbocycles. The van der Waals surface area contributed by atoms with E-state index >= 15 is 0 Å². The van der Waals surface area contributed by atoms with Gasteiger partial charge in [0.2, 0.25) is 0 Å². The van der Waals surface area contributed by atoms with Gasteiger partial charge >= 0.3 is 0 Å². The lowest BCUT2D eigenvalue weighted by Crippen LogP contribution is -2.38. The van der Waals surface area contributed by atoms with Gasteiger partial charge in [-0.2, -0.15) is 11.8 Å². The van der Waals surface area contributed by atoms with Crippen LogP contribution in [0, 0.1) is 0 Å². The first-order valence-electron chi connectivity index (χ1n) is 6.32. The fourth-order valence-electron chi connectivity index (χ4n) is 1.56. The van der Waals surface area contributed by atoms with Gasteiger partial charge in [-0.3, -0.25) is 4.99 Å². The van der Waals surface area contributed by atoms with E-state index in [2.05, 4.69) is 21.9 Å². The van der Waals surface area contributed by atoms with Gasteiger partial charge in [-0.25, -0.2) is 0 Å². The molecule has 0 aliphatic rings. The maximum absolute atomic E-state index is 5.27. The first-order valence-corrected chi connectivity index (χ1v) is 7.72. The van der Waals surface area contributed by atoms with E-state index in [4.69, 9.17) is 4.42 Å². The molecule has 0 aliphatic carbocycles. The molecule has 0 aliphatic heterocycles. The van der Waals surface area contributed by atoms with Crippen molar-refractivity contribution in [3.63, 3.8) is 0 Å². The molecule has 6 heteroatoms. The third kappa shape index (κ3) is 9.21. The maximum atomic E-state index is 5.27. The average molecular weight is 397 g/mol. The second-order valence-corrected chi connectivity index (χ2v) is 4.94. The number of furan rings is 1. The van der Waals surface area contributed by atoms with Crippen LogP contribution in [0.15, 0.2) is 27.8 Å². The molecule has 0 fully saturated rings. The van der Waals surface area contributed by atoms with E-state index in [0.29, 0.717) is 0 Å². The van der Waals surface area contributed by atoms with E-state index < -0.39 is 0 Å². The predicted octanol–water partition coefficient (Wildman–Crippen LogP) is 2.75. The lowest BCUT2D eigenvalue weighted by atomic mass is 10.3. The molecule has 0 aromatic carbocycles. The Morgan fingerprint density at radius 1 is 1.32 bits per heavy atom. The van der Waals surface area contributed by atoms with E-state index in [1.807, 2.05) is 23.9 Å². The minimum atomic E-state index is 0. The lowest BCUT2D eigenvalue weighted by molar-refractivity contribution is 0.506. The maximum Gasteiger partial charge on any atom is 0.190 e. The highest BCUT2D eigenvalue weighted by atomic mass is 127. The third-order valence-corrected chi connectivity index (χ3v) is 3.23. The van der Waals surface area contributed by atoms with Crippen LogP contribution in [0.4, 0.5) is 0 Å². The normalized spacial score (nSPS) is 10.9. The van der Waals surface area contributed by atoms with Gasteiger partial charge in [0.1, 0.15) is 5.76 Å². The first kappa shape index (κ1) is 18.6. The van der Waals surface area contributed by atoms with Crippen molar-refractivity contribution in [2.75, 3.05) is 32.1 Å². The Hall–Kier alpha value is -0.370. The van der Waals surface area contributed by atoms with Crippen molar-refractivity contribution in [1.82, 2.24) is 10.6 Å². The molecule has 0 amide bonds. The van der Waals surface area contributed by atoms with Gasteiger partial charge in [-0.1, -0.05) is 0 Å². The molecule has 1 aromatic rings. The highest BCUT2D eigenvalue weighted by molar-refractivity contribution is 14.0. The smallest absolute Gasteiger partial charge is 0.190 e. The van der Waals surface area contributed by atoms with E-state index in [1.165, 1.54) is 18.6 Å². The van der Waals surface area contributed by atoms with Crippen molar-refractivity contribution in [3.05, 3.63) is 24.2 Å². The number of aliphatic imine (C=N–C) groups is 1. The SMILES string of the molecule is CN=C(NCCCCSC)NCCc1ccco1.I. The first-order chi connectivity index (χ1) is 8.86. The summed E-state index contributed by atoms with van der Waals surface area (Å²) in [5.74, 6) is 3.09. The number of thioether (sulfide) groups is 1. The van der Waals surface area contributed by atoms with Crippen LogP contribution in [0.1, 0.15) is 18.6 Å². The number of nitrogens with zero attached hydrogens (tertiary/aromatic N) is 1. The second-order valence-electron chi connectivity index (χ2n) is 3.96. The average Bonchev–Trinajstić information content (AvgIpc) is 2.89. The van der Waals surface area contributed by atoms with Gasteiger partial charge in [-0.05, 0) is 37.0 Å². The van der Waals surface area contributed by atoms with Gasteiger partial charge < -0.3 is 15.1 Å². The van der Waals surface area contributed by atoms with Crippen LogP contribution >= 0.6 is 35.7 Å². The Morgan fingerprint density at radius 3 is 2.74 bits per heavy atom. The second kappa shape index (κ2) is 12.7. The topological polar surface area (TPSA) is 49.6 Å². The van der Waals surface area contributed by atoms with Crippen LogP contribution in [0.5, 0.6) is 0 Å². The number of unbranched alkanes of at least 4 members (excludes halogenated alkanes) is 1. The summed E-state index contributed by atoms with van der Waals surface area (Å²) in [7, 11) is 1.80. The Bertz CT molecular complexity index is 331. The monoisotopic (exact) mass is 397 g/mol. The Balaban J connectivity index is 0.00000324. The van der Waals surface area contributed by atoms with Crippen molar-refractivity contribution in [1.29, 1.82) is 0 Å². The van der Waals surface area contributed by atoms with E-state index in [9.17, 15) is 0 Å². The molecule has 4 nitrogen and oxygen atoms in total. The minimum Gasteiger partial charge on any atom is -0.469 e. The molecule has 2 N–H and O–H groups in total. The summed E-state index contributed by atoms with van der Waals surface area (Å²) in [6.07, 6.45) is 7.15. The van der Waals surface area contributed by atoms with Gasteiger partial charge in [0, 0.05) is 26.6 Å². The number of hydrogen-bond donors (Lipinski definition) is 2. The highest BCUT2D eigenvalue weighted by Gasteiger charge is 1.98. The molecule has 0 unspecified atom stereocenters. The van der Waals surface area contributed by atoms with Gasteiger partial charge in [0.15, 0.2) is 5.96 Å². The van der Waals surface area contributed by atoms with Crippen LogP contribution in [-0.2, 0) is 6.42 Å². The lowest BCUT2D eigenvalue weighted by Gasteiger charge is -2.11. The number of guanidine groups is 1. The molecule has 1 rings (SSSR count). The summed E-state index contributed by atoms with van der Waals surface area (Å²) >= 11 is 1.89. The van der Waals surface area contributed by atoms with Crippen LogP contribution in [0.25, 0.3) is 0 Å². The van der Waals surface area contributed by atoms with E-state index in [1.54, 1.807) is 13.3 Å². The molecule has 0 bridgehead atoms. The molecular formula is C13H24IN3OS. The molecule has 0 spiro atoms. The zero-order chi connectivity index (χ0) is 13.1. The largest absolute Gasteiger partial charge is 0.469 e. The number of nitrogens with one attached hydrogen (secondary N) is 2. The summed E-state index contributed by atoms with van der Waals surface area (Å²) in [6.45, 7) is 1.80. The zero-order valence-corrected chi connectivity index (χ0v) is 14.8. The molecule has 19 heavy (non-hydrogen) atoms. The number of hydrogen-bond acceptors (Lipinski definition) is 3. The number of rotatable bonds is 8. The van der Waals surface area contributed by atoms with Gasteiger partial charge in [-0.15, -0.1) is 24.0 Å². The third-order valence-electron chi connectivity index (χ3n) is 2.54. The van der Waals surface area contributed by atoms with Crippen molar-refractivity contribution >= 4 is 41.7 Å². The molecular weight excluding hydrogens is 373 g/mol. The van der Waals surface area contributed by atoms with Crippen molar-refractivity contribution in [2.24, 2.45) is 4.99 Å². The molecule has 110 valence electrons. The van der Waals surface area contributed by atoms with Crippen LogP contribution in [0.2, 0.25) is 0 Å². The zero-order valence-electron chi connectivity index (χ0n) is 11.6. The summed E-state index contributed by atoms with van der Waals surface area (Å²) in [4.78, 5) is 4.18. The van der Waals surface area contributed by atoms with E-state index in [0.717, 1.165) is 31.2 Å². The van der Waals surface area contributed by atoms with Crippen molar-refractivity contribution in [2.45, 2.75) is 19.3 Å². The summed E-state index contributed by atoms with van der Waals surface area (Å²) < 4.78 is 5.27. The fourth-order valence-corrected chi connectivity index (χ4v) is 2.05. The van der Waals surface area contributed by atoms with Gasteiger partial charge in [0.25, 0.3) is 0 Å². The minimum absolute atomic E-state index is 0.